The lowest BCUT2D eigenvalue weighted by Crippen LogP contribution is -2.19. The van der Waals surface area contributed by atoms with Gasteiger partial charge < -0.3 is 9.58 Å². The summed E-state index contributed by atoms with van der Waals surface area (Å²) in [7, 11) is 0. The van der Waals surface area contributed by atoms with Gasteiger partial charge in [-0.1, -0.05) is 0 Å². The molecular weight excluding hydrogens is 114 g/mol. The van der Waals surface area contributed by atoms with Gasteiger partial charge in [0.05, 0.1) is 0 Å². The van der Waals surface area contributed by atoms with Gasteiger partial charge in [-0.2, -0.15) is 0 Å². The molecule has 0 amide bonds. The summed E-state index contributed by atoms with van der Waals surface area (Å²) in [5.74, 6) is 0. The monoisotopic (exact) mass is 127 g/mol. The van der Waals surface area contributed by atoms with Gasteiger partial charge in [0.1, 0.15) is 6.10 Å². The van der Waals surface area contributed by atoms with Crippen molar-refractivity contribution in [2.45, 2.75) is 32.9 Å². The molecule has 2 heteroatoms. The third-order valence-electron chi connectivity index (χ3n) is 1.31. The second kappa shape index (κ2) is 4.34. The van der Waals surface area contributed by atoms with Crippen LogP contribution in [0.4, 0.5) is 0 Å². The fourth-order valence-corrected chi connectivity index (χ4v) is 0.507. The molecule has 0 saturated carbocycles. The van der Waals surface area contributed by atoms with Crippen LogP contribution in [0.5, 0.6) is 0 Å². The van der Waals surface area contributed by atoms with E-state index < -0.39 is 0 Å². The van der Waals surface area contributed by atoms with E-state index in [4.69, 9.17) is 11.3 Å². The molecule has 0 aromatic carbocycles. The molecule has 0 radical (unpaired) electrons. The molecule has 2 atom stereocenters. The van der Waals surface area contributed by atoms with E-state index in [9.17, 15) is 0 Å². The van der Waals surface area contributed by atoms with E-state index in [1.807, 2.05) is 20.8 Å². The molecule has 0 N–H and O–H groups in total. The van der Waals surface area contributed by atoms with Crippen LogP contribution in [-0.2, 0) is 4.74 Å². The highest BCUT2D eigenvalue weighted by Crippen LogP contribution is 2.00. The summed E-state index contributed by atoms with van der Waals surface area (Å²) in [5, 5.41) is 0. The summed E-state index contributed by atoms with van der Waals surface area (Å²) >= 11 is 0. The maximum Gasteiger partial charge on any atom is 0.246 e. The zero-order chi connectivity index (χ0) is 7.28. The van der Waals surface area contributed by atoms with Crippen molar-refractivity contribution < 1.29 is 4.74 Å². The normalized spacial score (nSPS) is 16.2. The summed E-state index contributed by atoms with van der Waals surface area (Å²) in [4.78, 5) is 3.33. The smallest absolute Gasteiger partial charge is 0.246 e. The first-order valence-electron chi connectivity index (χ1n) is 3.20. The van der Waals surface area contributed by atoms with E-state index in [1.165, 1.54) is 0 Å². The van der Waals surface area contributed by atoms with Crippen LogP contribution < -0.4 is 0 Å². The van der Waals surface area contributed by atoms with Crippen molar-refractivity contribution in [1.29, 1.82) is 0 Å². The Balaban J connectivity index is 3.48. The molecule has 0 saturated heterocycles. The van der Waals surface area contributed by atoms with Crippen molar-refractivity contribution >= 4 is 0 Å². The standard InChI is InChI=1S/C7H13NO/c1-5-9-7(3)6(2)8-4/h6-7H,5H2,1-3H3. The number of hydrogen-bond donors (Lipinski definition) is 0. The van der Waals surface area contributed by atoms with E-state index >= 15 is 0 Å². The molecule has 9 heavy (non-hydrogen) atoms. The van der Waals surface area contributed by atoms with Gasteiger partial charge in [0, 0.05) is 13.5 Å². The zero-order valence-electron chi connectivity index (χ0n) is 6.22. The van der Waals surface area contributed by atoms with E-state index in [-0.39, 0.29) is 12.1 Å². The molecule has 2 nitrogen and oxygen atoms in total. The van der Waals surface area contributed by atoms with Crippen LogP contribution in [0.2, 0.25) is 0 Å². The van der Waals surface area contributed by atoms with E-state index in [1.54, 1.807) is 0 Å². The summed E-state index contributed by atoms with van der Waals surface area (Å²) in [6.45, 7) is 13.1. The molecule has 0 heterocycles. The number of hydrogen-bond acceptors (Lipinski definition) is 1. The molecule has 52 valence electrons. The lowest BCUT2D eigenvalue weighted by molar-refractivity contribution is 0.0697. The van der Waals surface area contributed by atoms with Crippen LogP contribution in [-0.4, -0.2) is 18.8 Å². The largest absolute Gasteiger partial charge is 0.371 e. The van der Waals surface area contributed by atoms with Crippen molar-refractivity contribution in [3.05, 3.63) is 11.4 Å². The Hall–Kier alpha value is -0.550. The average molecular weight is 127 g/mol. The topological polar surface area (TPSA) is 13.6 Å². The first kappa shape index (κ1) is 8.45. The second-order valence-electron chi connectivity index (χ2n) is 2.03. The molecule has 0 aliphatic heterocycles. The van der Waals surface area contributed by atoms with Gasteiger partial charge in [0.2, 0.25) is 6.04 Å². The average Bonchev–Trinajstić information content (AvgIpc) is 1.87. The first-order valence-corrected chi connectivity index (χ1v) is 3.20. The number of rotatable bonds is 3. The predicted octanol–water partition coefficient (Wildman–Crippen LogP) is 1.72. The van der Waals surface area contributed by atoms with Gasteiger partial charge in [-0.3, -0.25) is 0 Å². The minimum Gasteiger partial charge on any atom is -0.371 e. The van der Waals surface area contributed by atoms with Gasteiger partial charge in [-0.15, -0.1) is 0 Å². The molecule has 0 rings (SSSR count). The van der Waals surface area contributed by atoms with Crippen LogP contribution in [0, 0.1) is 6.57 Å². The molecule has 0 bridgehead atoms. The quantitative estimate of drug-likeness (QED) is 0.526. The molecule has 0 aliphatic carbocycles. The molecule has 0 spiro atoms. The Morgan fingerprint density at radius 3 is 2.44 bits per heavy atom. The van der Waals surface area contributed by atoms with Crippen molar-refractivity contribution in [1.82, 2.24) is 0 Å². The molecule has 0 aromatic rings. The van der Waals surface area contributed by atoms with Crippen LogP contribution in [0.3, 0.4) is 0 Å². The van der Waals surface area contributed by atoms with Crippen LogP contribution in [0.15, 0.2) is 0 Å². The molecule has 2 unspecified atom stereocenters. The maximum atomic E-state index is 6.66. The van der Waals surface area contributed by atoms with Gasteiger partial charge in [-0.05, 0) is 13.8 Å². The highest BCUT2D eigenvalue weighted by atomic mass is 16.5. The maximum absolute atomic E-state index is 6.66. The Kier molecular flexibility index (Phi) is 4.08. The van der Waals surface area contributed by atoms with E-state index in [2.05, 4.69) is 4.85 Å². The van der Waals surface area contributed by atoms with E-state index in [0.717, 1.165) is 0 Å². The number of nitrogens with zero attached hydrogens (tertiary/aromatic N) is 1. The Morgan fingerprint density at radius 2 is 2.11 bits per heavy atom. The third-order valence-corrected chi connectivity index (χ3v) is 1.31. The predicted molar refractivity (Wildman–Crippen MR) is 37.2 cm³/mol. The van der Waals surface area contributed by atoms with Crippen molar-refractivity contribution in [3.63, 3.8) is 0 Å². The first-order chi connectivity index (χ1) is 4.22. The van der Waals surface area contributed by atoms with Crippen molar-refractivity contribution in [2.75, 3.05) is 6.61 Å². The fourth-order valence-electron chi connectivity index (χ4n) is 0.507. The van der Waals surface area contributed by atoms with E-state index in [0.29, 0.717) is 6.61 Å². The van der Waals surface area contributed by atoms with Gasteiger partial charge in [-0.25, -0.2) is 6.57 Å². The fraction of sp³-hybridized carbons (Fsp3) is 0.857. The lowest BCUT2D eigenvalue weighted by atomic mass is 10.2. The molecular formula is C7H13NO. The molecule has 0 aliphatic rings. The van der Waals surface area contributed by atoms with Crippen LogP contribution in [0.1, 0.15) is 20.8 Å². The second-order valence-corrected chi connectivity index (χ2v) is 2.03. The van der Waals surface area contributed by atoms with Crippen LogP contribution >= 0.6 is 0 Å². The van der Waals surface area contributed by atoms with Gasteiger partial charge >= 0.3 is 0 Å². The summed E-state index contributed by atoms with van der Waals surface area (Å²) in [6.07, 6.45) is 0.0764. The van der Waals surface area contributed by atoms with Gasteiger partial charge in [0.25, 0.3) is 0 Å². The summed E-state index contributed by atoms with van der Waals surface area (Å²) in [6, 6.07) is -0.00931. The SMILES string of the molecule is [C-]#[N+]C(C)C(C)OCC. The van der Waals surface area contributed by atoms with Crippen LogP contribution in [0.25, 0.3) is 4.85 Å². The Morgan fingerprint density at radius 1 is 1.56 bits per heavy atom. The Labute approximate surface area is 56.6 Å². The lowest BCUT2D eigenvalue weighted by Gasteiger charge is -2.08. The summed E-state index contributed by atoms with van der Waals surface area (Å²) < 4.78 is 5.18. The number of ether oxygens (including phenoxy) is 1. The summed E-state index contributed by atoms with van der Waals surface area (Å²) in [5.41, 5.74) is 0. The van der Waals surface area contributed by atoms with Gasteiger partial charge in [0.15, 0.2) is 0 Å². The highest BCUT2D eigenvalue weighted by Gasteiger charge is 2.14. The minimum atomic E-state index is -0.00931. The highest BCUT2D eigenvalue weighted by molar-refractivity contribution is 4.78. The zero-order valence-corrected chi connectivity index (χ0v) is 6.22. The Bertz CT molecular complexity index is 106. The minimum absolute atomic E-state index is 0.00931. The van der Waals surface area contributed by atoms with Crippen molar-refractivity contribution in [3.8, 4) is 0 Å². The molecule has 0 aromatic heterocycles. The van der Waals surface area contributed by atoms with Crippen molar-refractivity contribution in [2.24, 2.45) is 0 Å². The third kappa shape index (κ3) is 3.10. The molecule has 0 fully saturated rings.